The van der Waals surface area contributed by atoms with E-state index in [1.807, 2.05) is 38.1 Å². The maximum atomic E-state index is 13.9. The third-order valence-electron chi connectivity index (χ3n) is 5.06. The normalized spacial score (nSPS) is 10.2. The number of hydrogen-bond donors (Lipinski definition) is 3. The van der Waals surface area contributed by atoms with Crippen LogP contribution in [0.4, 0.5) is 25.4 Å². The third kappa shape index (κ3) is 7.05. The predicted molar refractivity (Wildman–Crippen MR) is 147 cm³/mol. The van der Waals surface area contributed by atoms with Crippen LogP contribution in [0.3, 0.4) is 0 Å². The molecule has 0 aliphatic heterocycles. The molecule has 4 N–H and O–H groups in total. The molecule has 2 aromatic heterocycles. The van der Waals surface area contributed by atoms with Crippen molar-refractivity contribution in [2.45, 2.75) is 31.0 Å². The molecular formula is C27H24F2N6OS2. The molecule has 2 heterocycles. The van der Waals surface area contributed by atoms with Crippen LogP contribution < -0.4 is 11.1 Å². The Morgan fingerprint density at radius 2 is 1.76 bits per heavy atom. The second-order valence-corrected chi connectivity index (χ2v) is 9.74. The maximum Gasteiger partial charge on any atom is 0.187 e. The predicted octanol–water partition coefficient (Wildman–Crippen LogP) is 6.54. The summed E-state index contributed by atoms with van der Waals surface area (Å²) in [5.74, 6) is -0.757. The summed E-state index contributed by atoms with van der Waals surface area (Å²) in [6, 6.07) is 14.8. The first-order valence-corrected chi connectivity index (χ1v) is 13.3. The van der Waals surface area contributed by atoms with E-state index in [2.05, 4.69) is 27.4 Å². The summed E-state index contributed by atoms with van der Waals surface area (Å²) < 4.78 is 27.3. The Bertz CT molecular complexity index is 1490. The van der Waals surface area contributed by atoms with E-state index < -0.39 is 11.6 Å². The number of pyridine rings is 1. The fourth-order valence-corrected chi connectivity index (χ4v) is 4.91. The van der Waals surface area contributed by atoms with E-state index in [0.717, 1.165) is 30.2 Å². The van der Waals surface area contributed by atoms with Crippen molar-refractivity contribution in [2.24, 2.45) is 0 Å². The first kappa shape index (κ1) is 28.5. The van der Waals surface area contributed by atoms with E-state index in [4.69, 9.17) is 10.8 Å². The molecular weight excluding hydrogens is 526 g/mol. The van der Waals surface area contributed by atoms with E-state index in [1.54, 1.807) is 5.38 Å². The van der Waals surface area contributed by atoms with Crippen molar-refractivity contribution >= 4 is 39.7 Å². The van der Waals surface area contributed by atoms with Crippen LogP contribution >= 0.6 is 23.1 Å². The van der Waals surface area contributed by atoms with Crippen LogP contribution in [-0.2, 0) is 5.75 Å². The zero-order chi connectivity index (χ0) is 27.7. The molecule has 0 saturated carbocycles. The Morgan fingerprint density at radius 3 is 2.39 bits per heavy atom. The van der Waals surface area contributed by atoms with Gasteiger partial charge in [0.1, 0.15) is 40.2 Å². The molecule has 11 heteroatoms. The molecule has 7 nitrogen and oxygen atoms in total. The lowest BCUT2D eigenvalue weighted by atomic mass is 9.96. The van der Waals surface area contributed by atoms with Crippen molar-refractivity contribution in [1.82, 2.24) is 9.97 Å². The summed E-state index contributed by atoms with van der Waals surface area (Å²) >= 11 is 2.49. The number of hydrogen-bond acceptors (Lipinski definition) is 9. The highest BCUT2D eigenvalue weighted by molar-refractivity contribution is 7.98. The highest BCUT2D eigenvalue weighted by atomic mass is 32.2. The van der Waals surface area contributed by atoms with E-state index in [9.17, 15) is 19.3 Å². The molecule has 38 heavy (non-hydrogen) atoms. The van der Waals surface area contributed by atoms with Crippen LogP contribution in [0.25, 0.3) is 11.1 Å². The number of aliphatic hydroxyl groups excluding tert-OH is 1. The zero-order valence-electron chi connectivity index (χ0n) is 20.6. The van der Waals surface area contributed by atoms with Crippen LogP contribution in [0.15, 0.2) is 52.9 Å². The van der Waals surface area contributed by atoms with Gasteiger partial charge >= 0.3 is 0 Å². The average Bonchev–Trinajstić information content (AvgIpc) is 3.37. The lowest BCUT2D eigenvalue weighted by molar-refractivity contribution is 0.295. The van der Waals surface area contributed by atoms with Crippen molar-refractivity contribution in [3.63, 3.8) is 0 Å². The quantitative estimate of drug-likeness (QED) is 0.221. The summed E-state index contributed by atoms with van der Waals surface area (Å²) in [5, 5.41) is 32.7. The third-order valence-corrected chi connectivity index (χ3v) is 6.87. The SMILES string of the molecule is CCCO.Cc1ccc(-c2c(C#N)c(N)nc(SCc3csc(Nc4cc(F)ccc4F)n3)c2C#N)cc1. The smallest absolute Gasteiger partial charge is 0.187 e. The fraction of sp³-hybridized carbons (Fsp3) is 0.185. The van der Waals surface area contributed by atoms with Crippen molar-refractivity contribution in [2.75, 3.05) is 17.7 Å². The van der Waals surface area contributed by atoms with E-state index >= 15 is 0 Å². The molecule has 0 unspecified atom stereocenters. The van der Waals surface area contributed by atoms with Crippen LogP contribution in [0, 0.1) is 41.2 Å². The van der Waals surface area contributed by atoms with Crippen molar-refractivity contribution in [3.8, 4) is 23.3 Å². The van der Waals surface area contributed by atoms with Gasteiger partial charge in [-0.2, -0.15) is 10.5 Å². The minimum Gasteiger partial charge on any atom is -0.396 e. The summed E-state index contributed by atoms with van der Waals surface area (Å²) in [6.07, 6.45) is 0.875. The zero-order valence-corrected chi connectivity index (χ0v) is 22.3. The number of aromatic nitrogens is 2. The van der Waals surface area contributed by atoms with Gasteiger partial charge in [0.15, 0.2) is 5.13 Å². The molecule has 194 valence electrons. The summed E-state index contributed by atoms with van der Waals surface area (Å²) in [5.41, 5.74) is 9.31. The lowest BCUT2D eigenvalue weighted by Gasteiger charge is -2.13. The number of halogens is 2. The number of thioether (sulfide) groups is 1. The van der Waals surface area contributed by atoms with Crippen molar-refractivity contribution in [1.29, 1.82) is 10.5 Å². The molecule has 0 bridgehead atoms. The van der Waals surface area contributed by atoms with Gasteiger partial charge in [0, 0.05) is 29.4 Å². The first-order valence-electron chi connectivity index (χ1n) is 11.4. The number of nitrogens with two attached hydrogens (primary N) is 1. The van der Waals surface area contributed by atoms with Gasteiger partial charge in [0.2, 0.25) is 0 Å². The van der Waals surface area contributed by atoms with Crippen LogP contribution in [0.1, 0.15) is 35.7 Å². The lowest BCUT2D eigenvalue weighted by Crippen LogP contribution is -2.03. The largest absolute Gasteiger partial charge is 0.396 e. The van der Waals surface area contributed by atoms with Gasteiger partial charge in [-0.3, -0.25) is 0 Å². The Balaban J connectivity index is 0.000000934. The van der Waals surface area contributed by atoms with Gasteiger partial charge < -0.3 is 16.2 Å². The first-order chi connectivity index (χ1) is 18.3. The van der Waals surface area contributed by atoms with E-state index in [1.165, 1.54) is 23.1 Å². The number of rotatable bonds is 7. The second-order valence-electron chi connectivity index (χ2n) is 7.92. The molecule has 0 aliphatic carbocycles. The van der Waals surface area contributed by atoms with E-state index in [0.29, 0.717) is 39.3 Å². The van der Waals surface area contributed by atoms with Crippen LogP contribution in [-0.4, -0.2) is 21.7 Å². The summed E-state index contributed by atoms with van der Waals surface area (Å²) in [7, 11) is 0. The Morgan fingerprint density at radius 1 is 1.08 bits per heavy atom. The second kappa shape index (κ2) is 13.5. The van der Waals surface area contributed by atoms with E-state index in [-0.39, 0.29) is 22.6 Å². The molecule has 4 aromatic rings. The average molecular weight is 551 g/mol. The Kier molecular flexibility index (Phi) is 10.1. The minimum atomic E-state index is -0.591. The van der Waals surface area contributed by atoms with Gasteiger partial charge in [-0.1, -0.05) is 48.5 Å². The standard InChI is InChI=1S/C24H16F2N6S2.C3H8O/c1-13-2-4-14(5-3-13)21-17(9-27)22(29)32-23(18(21)10-28)33-11-16-12-34-24(30-16)31-20-8-15(25)6-7-19(20)26;1-2-3-4/h2-8,12H,11H2,1H3,(H2,29,32)(H,30,31);4H,2-3H2,1H3. The molecule has 0 radical (unpaired) electrons. The highest BCUT2D eigenvalue weighted by Crippen LogP contribution is 2.37. The number of thiazole rings is 1. The highest BCUT2D eigenvalue weighted by Gasteiger charge is 2.21. The molecule has 0 fully saturated rings. The number of benzene rings is 2. The summed E-state index contributed by atoms with van der Waals surface area (Å²) in [6.45, 7) is 4.20. The molecule has 0 spiro atoms. The molecule has 2 aromatic carbocycles. The molecule has 0 aliphatic rings. The number of aliphatic hydroxyl groups is 1. The maximum absolute atomic E-state index is 13.9. The molecule has 4 rings (SSSR count). The number of nitrogen functional groups attached to an aromatic ring is 1. The van der Waals surface area contributed by atoms with Gasteiger partial charge in [0.25, 0.3) is 0 Å². The van der Waals surface area contributed by atoms with Crippen molar-refractivity contribution < 1.29 is 13.9 Å². The molecule has 0 saturated heterocycles. The number of aryl methyl sites for hydroxylation is 1. The number of nitrogens with zero attached hydrogens (tertiary/aromatic N) is 4. The fourth-order valence-electron chi connectivity index (χ4n) is 3.19. The number of nitriles is 2. The minimum absolute atomic E-state index is 0.00964. The van der Waals surface area contributed by atoms with Crippen LogP contribution in [0.2, 0.25) is 0 Å². The Labute approximate surface area is 227 Å². The number of anilines is 3. The summed E-state index contributed by atoms with van der Waals surface area (Å²) in [4.78, 5) is 8.69. The topological polar surface area (TPSA) is 132 Å². The molecule has 0 amide bonds. The van der Waals surface area contributed by atoms with Gasteiger partial charge in [-0.25, -0.2) is 18.7 Å². The van der Waals surface area contributed by atoms with Crippen LogP contribution in [0.5, 0.6) is 0 Å². The van der Waals surface area contributed by atoms with Crippen molar-refractivity contribution in [3.05, 3.63) is 81.9 Å². The van der Waals surface area contributed by atoms with Gasteiger partial charge in [0.05, 0.1) is 16.9 Å². The van der Waals surface area contributed by atoms with Gasteiger partial charge in [-0.15, -0.1) is 11.3 Å². The van der Waals surface area contributed by atoms with Gasteiger partial charge in [-0.05, 0) is 31.0 Å². The Hall–Kier alpha value is -4.03. The molecule has 0 atom stereocenters. The monoisotopic (exact) mass is 550 g/mol. The number of nitrogens with one attached hydrogen (secondary N) is 1.